The van der Waals surface area contributed by atoms with E-state index >= 15 is 0 Å². The van der Waals surface area contributed by atoms with E-state index in [2.05, 4.69) is 5.32 Å². The summed E-state index contributed by atoms with van der Waals surface area (Å²) in [4.78, 5) is 10.3. The zero-order valence-corrected chi connectivity index (χ0v) is 6.06. The van der Waals surface area contributed by atoms with Crippen LogP contribution in [0.15, 0.2) is 0 Å². The van der Waals surface area contributed by atoms with E-state index in [-0.39, 0.29) is 13.1 Å². The van der Waals surface area contributed by atoms with E-state index in [1.54, 1.807) is 0 Å². The van der Waals surface area contributed by atoms with Crippen molar-refractivity contribution < 1.29 is 23.1 Å². The summed E-state index contributed by atoms with van der Waals surface area (Å²) in [6.45, 7) is -0.389. The number of alkyl halides is 3. The molecule has 0 aromatic rings. The van der Waals surface area contributed by atoms with E-state index in [1.807, 2.05) is 0 Å². The van der Waals surface area contributed by atoms with Crippen molar-refractivity contribution in [2.45, 2.75) is 6.18 Å². The summed E-state index contributed by atoms with van der Waals surface area (Å²) in [7, 11) is 0. The van der Waals surface area contributed by atoms with Crippen molar-refractivity contribution in [3.8, 4) is 0 Å². The van der Waals surface area contributed by atoms with Crippen LogP contribution in [0, 0.1) is 11.8 Å². The van der Waals surface area contributed by atoms with Crippen molar-refractivity contribution in [2.75, 3.05) is 13.1 Å². The van der Waals surface area contributed by atoms with E-state index in [4.69, 9.17) is 5.11 Å². The maximum absolute atomic E-state index is 12.1. The van der Waals surface area contributed by atoms with Crippen LogP contribution < -0.4 is 5.32 Å². The number of carboxylic acids is 1. The fraction of sp³-hybridized carbons (Fsp3) is 0.833. The standard InChI is InChI=1S/C6H8F3NO2/c7-6(8,9)4-2-10-1-3(4)5(11)12/h3-4,10H,1-2H2,(H,11,12)/t3-,4+/m1/s1. The molecule has 1 aliphatic heterocycles. The van der Waals surface area contributed by atoms with Crippen LogP contribution in [0.5, 0.6) is 0 Å². The molecule has 6 heteroatoms. The lowest BCUT2D eigenvalue weighted by atomic mass is 9.96. The first kappa shape index (κ1) is 9.31. The lowest BCUT2D eigenvalue weighted by Crippen LogP contribution is -2.33. The SMILES string of the molecule is O=C(O)[C@@H]1CNC[C@@H]1C(F)(F)F. The predicted molar refractivity (Wildman–Crippen MR) is 33.5 cm³/mol. The Kier molecular flexibility index (Phi) is 2.27. The Morgan fingerprint density at radius 3 is 2.33 bits per heavy atom. The van der Waals surface area contributed by atoms with Crippen LogP contribution in [0.3, 0.4) is 0 Å². The molecule has 70 valence electrons. The van der Waals surface area contributed by atoms with Gasteiger partial charge in [0.25, 0.3) is 0 Å². The number of rotatable bonds is 1. The van der Waals surface area contributed by atoms with Crippen LogP contribution in [0.1, 0.15) is 0 Å². The van der Waals surface area contributed by atoms with Gasteiger partial charge in [-0.3, -0.25) is 4.79 Å². The first-order valence-electron chi connectivity index (χ1n) is 3.43. The quantitative estimate of drug-likeness (QED) is 0.621. The molecule has 0 bridgehead atoms. The van der Waals surface area contributed by atoms with Crippen LogP contribution in [-0.4, -0.2) is 30.3 Å². The molecule has 3 nitrogen and oxygen atoms in total. The smallest absolute Gasteiger partial charge is 0.393 e. The summed E-state index contributed by atoms with van der Waals surface area (Å²) in [5.74, 6) is -4.46. The molecule has 1 rings (SSSR count). The number of halogens is 3. The molecule has 0 amide bonds. The third kappa shape index (κ3) is 1.69. The van der Waals surface area contributed by atoms with Crippen molar-refractivity contribution >= 4 is 5.97 Å². The van der Waals surface area contributed by atoms with E-state index in [0.717, 1.165) is 0 Å². The highest BCUT2D eigenvalue weighted by molar-refractivity contribution is 5.71. The van der Waals surface area contributed by atoms with Gasteiger partial charge in [-0.15, -0.1) is 0 Å². The highest BCUT2D eigenvalue weighted by Gasteiger charge is 2.49. The number of carbonyl (C=O) groups is 1. The molecule has 0 radical (unpaired) electrons. The average molecular weight is 183 g/mol. The molecule has 2 atom stereocenters. The van der Waals surface area contributed by atoms with Gasteiger partial charge in [-0.25, -0.2) is 0 Å². The second-order valence-corrected chi connectivity index (χ2v) is 2.75. The van der Waals surface area contributed by atoms with Crippen molar-refractivity contribution in [3.05, 3.63) is 0 Å². The molecule has 1 aliphatic rings. The van der Waals surface area contributed by atoms with Gasteiger partial charge in [-0.1, -0.05) is 0 Å². The molecule has 0 unspecified atom stereocenters. The van der Waals surface area contributed by atoms with Gasteiger partial charge < -0.3 is 10.4 Å². The first-order chi connectivity index (χ1) is 5.43. The maximum Gasteiger partial charge on any atom is 0.393 e. The molecule has 1 heterocycles. The van der Waals surface area contributed by atoms with Crippen LogP contribution in [-0.2, 0) is 4.79 Å². The monoisotopic (exact) mass is 183 g/mol. The lowest BCUT2D eigenvalue weighted by Gasteiger charge is -2.17. The highest BCUT2D eigenvalue weighted by atomic mass is 19.4. The topological polar surface area (TPSA) is 49.3 Å². The van der Waals surface area contributed by atoms with Crippen LogP contribution in [0.2, 0.25) is 0 Å². The number of nitrogens with one attached hydrogen (secondary N) is 1. The van der Waals surface area contributed by atoms with Gasteiger partial charge in [-0.05, 0) is 0 Å². The number of hydrogen-bond donors (Lipinski definition) is 2. The predicted octanol–water partition coefficient (Wildman–Crippen LogP) is 0.469. The molecule has 1 fully saturated rings. The van der Waals surface area contributed by atoms with Crippen molar-refractivity contribution in [3.63, 3.8) is 0 Å². The maximum atomic E-state index is 12.1. The first-order valence-corrected chi connectivity index (χ1v) is 3.43. The van der Waals surface area contributed by atoms with Crippen molar-refractivity contribution in [1.29, 1.82) is 0 Å². The summed E-state index contributed by atoms with van der Waals surface area (Å²) in [6.07, 6.45) is -4.41. The van der Waals surface area contributed by atoms with Crippen molar-refractivity contribution in [1.82, 2.24) is 5.32 Å². The van der Waals surface area contributed by atoms with E-state index in [9.17, 15) is 18.0 Å². The van der Waals surface area contributed by atoms with E-state index in [1.165, 1.54) is 0 Å². The second-order valence-electron chi connectivity index (χ2n) is 2.75. The van der Waals surface area contributed by atoms with Crippen LogP contribution in [0.4, 0.5) is 13.2 Å². The average Bonchev–Trinajstić information content (AvgIpc) is 2.30. The molecule has 0 aromatic heterocycles. The molecule has 0 saturated carbocycles. The Hall–Kier alpha value is -0.780. The second kappa shape index (κ2) is 2.93. The molecule has 12 heavy (non-hydrogen) atoms. The lowest BCUT2D eigenvalue weighted by molar-refractivity contribution is -0.187. The minimum Gasteiger partial charge on any atom is -0.481 e. The van der Waals surface area contributed by atoms with Gasteiger partial charge in [0, 0.05) is 13.1 Å². The Morgan fingerprint density at radius 2 is 2.00 bits per heavy atom. The van der Waals surface area contributed by atoms with Gasteiger partial charge in [-0.2, -0.15) is 13.2 Å². The Balaban J connectivity index is 2.71. The number of hydrogen-bond acceptors (Lipinski definition) is 2. The van der Waals surface area contributed by atoms with Crippen LogP contribution >= 0.6 is 0 Å². The summed E-state index contributed by atoms with van der Waals surface area (Å²) < 4.78 is 36.2. The van der Waals surface area contributed by atoms with E-state index in [0.29, 0.717) is 0 Å². The van der Waals surface area contributed by atoms with Gasteiger partial charge in [0.2, 0.25) is 0 Å². The minimum atomic E-state index is -4.41. The third-order valence-electron chi connectivity index (χ3n) is 1.95. The summed E-state index contributed by atoms with van der Waals surface area (Å²) in [5.41, 5.74) is 0. The van der Waals surface area contributed by atoms with E-state index < -0.39 is 24.0 Å². The summed E-state index contributed by atoms with van der Waals surface area (Å²) >= 11 is 0. The van der Waals surface area contributed by atoms with Gasteiger partial charge >= 0.3 is 12.1 Å². The zero-order chi connectivity index (χ0) is 9.35. The third-order valence-corrected chi connectivity index (χ3v) is 1.95. The molecule has 2 N–H and O–H groups in total. The molecule has 0 spiro atoms. The van der Waals surface area contributed by atoms with Crippen molar-refractivity contribution in [2.24, 2.45) is 11.8 Å². The number of carboxylic acid groups (broad SMARTS) is 1. The largest absolute Gasteiger partial charge is 0.481 e. The fourth-order valence-corrected chi connectivity index (χ4v) is 1.28. The molecular formula is C6H8F3NO2. The summed E-state index contributed by atoms with van der Waals surface area (Å²) in [6, 6.07) is 0. The van der Waals surface area contributed by atoms with Gasteiger partial charge in [0.05, 0.1) is 11.8 Å². The molecule has 0 aliphatic carbocycles. The minimum absolute atomic E-state index is 0.0977. The molecule has 1 saturated heterocycles. The number of aliphatic carboxylic acids is 1. The molecular weight excluding hydrogens is 175 g/mol. The molecule has 0 aromatic carbocycles. The zero-order valence-electron chi connectivity index (χ0n) is 6.06. The summed E-state index contributed by atoms with van der Waals surface area (Å²) in [5, 5.41) is 10.8. The Bertz CT molecular complexity index is 192. The highest BCUT2D eigenvalue weighted by Crippen LogP contribution is 2.34. The normalized spacial score (nSPS) is 30.6. The van der Waals surface area contributed by atoms with Gasteiger partial charge in [0.1, 0.15) is 0 Å². The van der Waals surface area contributed by atoms with Gasteiger partial charge in [0.15, 0.2) is 0 Å². The Labute approximate surface area is 66.6 Å². The fourth-order valence-electron chi connectivity index (χ4n) is 1.28. The van der Waals surface area contributed by atoms with Crippen LogP contribution in [0.25, 0.3) is 0 Å². The Morgan fingerprint density at radius 1 is 1.42 bits per heavy atom.